The largest absolute Gasteiger partial charge is 0.493 e. The Morgan fingerprint density at radius 1 is 1.16 bits per heavy atom. The number of benzene rings is 2. The molecule has 4 aliphatic rings. The summed E-state index contributed by atoms with van der Waals surface area (Å²) in [6.07, 6.45) is 14.0. The third-order valence-corrected chi connectivity index (χ3v) is 9.89. The number of fused-ring (bicyclic) bond motifs is 2. The van der Waals surface area contributed by atoms with Crippen molar-refractivity contribution in [1.29, 1.82) is 0 Å². The summed E-state index contributed by atoms with van der Waals surface area (Å²) in [6, 6.07) is 10.1. The van der Waals surface area contributed by atoms with Crippen molar-refractivity contribution in [3.8, 4) is 18.1 Å². The fraction of sp³-hybridized carbons (Fsp3) is 0.382. The minimum atomic E-state index is -1.14. The number of rotatable bonds is 5. The van der Waals surface area contributed by atoms with Crippen molar-refractivity contribution in [3.63, 3.8) is 0 Å². The number of ether oxygens (including phenoxy) is 1. The summed E-state index contributed by atoms with van der Waals surface area (Å²) < 4.78 is 6.45. The lowest BCUT2D eigenvalue weighted by atomic mass is 9.62. The van der Waals surface area contributed by atoms with Crippen LogP contribution in [0.25, 0.3) is 0 Å². The smallest absolute Gasteiger partial charge is 0.237 e. The molecule has 0 aromatic heterocycles. The first-order valence-electron chi connectivity index (χ1n) is 14.6. The van der Waals surface area contributed by atoms with Crippen molar-refractivity contribution >= 4 is 46.6 Å². The molecule has 0 radical (unpaired) electrons. The number of carbonyl (C=O) groups is 3. The van der Waals surface area contributed by atoms with Crippen molar-refractivity contribution in [2.45, 2.75) is 44.1 Å². The highest BCUT2D eigenvalue weighted by atomic mass is 35.5. The second kappa shape index (κ2) is 11.7. The summed E-state index contributed by atoms with van der Waals surface area (Å²) in [7, 11) is 0. The Kier molecular flexibility index (Phi) is 8.02. The van der Waals surface area contributed by atoms with Gasteiger partial charge in [-0.25, -0.2) is 0 Å². The van der Waals surface area contributed by atoms with Crippen LogP contribution in [0.5, 0.6) is 5.75 Å². The van der Waals surface area contributed by atoms with Gasteiger partial charge in [-0.1, -0.05) is 47.3 Å². The first kappa shape index (κ1) is 29.3. The number of terminal acetylenes is 1. The molecule has 2 saturated heterocycles. The van der Waals surface area contributed by atoms with Gasteiger partial charge < -0.3 is 20.3 Å². The molecule has 1 aliphatic carbocycles. The number of anilines is 1. The highest BCUT2D eigenvalue weighted by Gasteiger charge is 2.59. The van der Waals surface area contributed by atoms with Gasteiger partial charge in [-0.3, -0.25) is 14.4 Å². The van der Waals surface area contributed by atoms with Crippen LogP contribution in [-0.4, -0.2) is 42.3 Å². The maximum absolute atomic E-state index is 14.2. The Bertz CT molecular complexity index is 1590. The zero-order valence-corrected chi connectivity index (χ0v) is 25.4. The lowest BCUT2D eigenvalue weighted by molar-refractivity contribution is -0.136. The van der Waals surface area contributed by atoms with Gasteiger partial charge in [-0.05, 0) is 79.5 Å². The van der Waals surface area contributed by atoms with E-state index in [0.29, 0.717) is 58.7 Å². The van der Waals surface area contributed by atoms with Gasteiger partial charge in [0.05, 0.1) is 12.6 Å². The first-order chi connectivity index (χ1) is 20.7. The van der Waals surface area contributed by atoms with Gasteiger partial charge in [-0.15, -0.1) is 6.42 Å². The van der Waals surface area contributed by atoms with Crippen molar-refractivity contribution in [2.75, 3.05) is 25.0 Å². The number of halogens is 2. The summed E-state index contributed by atoms with van der Waals surface area (Å²) in [4.78, 5) is 41.7. The third-order valence-electron chi connectivity index (χ3n) is 9.38. The van der Waals surface area contributed by atoms with E-state index >= 15 is 0 Å². The zero-order chi connectivity index (χ0) is 30.3. The SMILES string of the molecule is C#Cc1ccc(OCC2CCN(C(C)=O)CC2)c([C@H]2NC(=O)[C@@H](C3C=CC=C(Cl)C3)C[C@]23C(=O)Nc2cc(Cl)ccc23)c1. The Labute approximate surface area is 261 Å². The van der Waals surface area contributed by atoms with Crippen LogP contribution in [0.3, 0.4) is 0 Å². The van der Waals surface area contributed by atoms with Crippen molar-refractivity contribution in [3.05, 3.63) is 81.4 Å². The van der Waals surface area contributed by atoms with E-state index < -0.39 is 17.4 Å². The van der Waals surface area contributed by atoms with Gasteiger partial charge in [-0.2, -0.15) is 0 Å². The number of hydrogen-bond donors (Lipinski definition) is 2. The average Bonchev–Trinajstić information content (AvgIpc) is 3.27. The maximum Gasteiger partial charge on any atom is 0.237 e. The van der Waals surface area contributed by atoms with Gasteiger partial charge in [0, 0.05) is 52.8 Å². The molecular weight excluding hydrogens is 585 g/mol. The van der Waals surface area contributed by atoms with Gasteiger partial charge in [0.15, 0.2) is 0 Å². The molecule has 2 aromatic carbocycles. The number of piperidine rings is 2. The molecule has 2 N–H and O–H groups in total. The number of carbonyl (C=O) groups excluding carboxylic acids is 3. The monoisotopic (exact) mass is 617 g/mol. The van der Waals surface area contributed by atoms with Crippen LogP contribution in [0.1, 0.15) is 55.3 Å². The predicted molar refractivity (Wildman–Crippen MR) is 167 cm³/mol. The van der Waals surface area contributed by atoms with E-state index in [4.69, 9.17) is 34.4 Å². The molecule has 2 fully saturated rings. The molecule has 1 unspecified atom stereocenters. The van der Waals surface area contributed by atoms with Crippen LogP contribution in [0, 0.1) is 30.1 Å². The minimum Gasteiger partial charge on any atom is -0.493 e. The van der Waals surface area contributed by atoms with Gasteiger partial charge in [0.25, 0.3) is 0 Å². The Balaban J connectivity index is 1.39. The predicted octanol–water partition coefficient (Wildman–Crippen LogP) is 5.72. The number of allylic oxidation sites excluding steroid dienone is 4. The minimum absolute atomic E-state index is 0.0848. The lowest BCUT2D eigenvalue weighted by Crippen LogP contribution is -2.57. The Morgan fingerprint density at radius 2 is 1.95 bits per heavy atom. The van der Waals surface area contributed by atoms with Gasteiger partial charge >= 0.3 is 0 Å². The molecule has 3 aliphatic heterocycles. The van der Waals surface area contributed by atoms with Crippen LogP contribution in [0.15, 0.2) is 59.7 Å². The zero-order valence-electron chi connectivity index (χ0n) is 23.9. The number of nitrogens with one attached hydrogen (secondary N) is 2. The van der Waals surface area contributed by atoms with Gasteiger partial charge in [0.1, 0.15) is 11.2 Å². The van der Waals surface area contributed by atoms with Crippen molar-refractivity contribution in [1.82, 2.24) is 10.2 Å². The van der Waals surface area contributed by atoms with E-state index in [-0.39, 0.29) is 36.0 Å². The molecule has 1 spiro atoms. The summed E-state index contributed by atoms with van der Waals surface area (Å²) in [5.74, 6) is 2.59. The molecule has 4 atom stereocenters. The Hall–Kier alpha value is -3.73. The molecular formula is C34H33Cl2N3O4. The number of hydrogen-bond acceptors (Lipinski definition) is 4. The molecule has 0 saturated carbocycles. The van der Waals surface area contributed by atoms with E-state index in [1.807, 2.05) is 41.3 Å². The van der Waals surface area contributed by atoms with Crippen LogP contribution >= 0.6 is 23.2 Å². The van der Waals surface area contributed by atoms with Gasteiger partial charge in [0.2, 0.25) is 17.7 Å². The average molecular weight is 619 g/mol. The standard InChI is InChI=1S/C34H33Cl2N3O4/c1-3-21-7-10-30(43-19-22-11-13-39(14-12-22)20(2)40)26(15-21)31-34(28-9-8-25(36)17-29(28)37-33(34)42)18-27(32(41)38-31)23-5-4-6-24(35)16-23/h1,4-10,15,17,22-23,27,31H,11-14,16,18-19H2,2H3,(H,37,42)(H,38,41)/t23?,27-,31-,34-/m1/s1. The molecule has 6 rings (SSSR count). The number of amides is 3. The first-order valence-corrected chi connectivity index (χ1v) is 15.4. The summed E-state index contributed by atoms with van der Waals surface area (Å²) >= 11 is 12.7. The van der Waals surface area contributed by atoms with E-state index in [0.717, 1.165) is 18.4 Å². The third kappa shape index (κ3) is 5.43. The van der Waals surface area contributed by atoms with Crippen molar-refractivity contribution in [2.24, 2.45) is 17.8 Å². The molecule has 2 aromatic rings. The maximum atomic E-state index is 14.2. The highest BCUT2D eigenvalue weighted by molar-refractivity contribution is 6.31. The van der Waals surface area contributed by atoms with Crippen LogP contribution in [0.4, 0.5) is 5.69 Å². The second-order valence-electron chi connectivity index (χ2n) is 11.9. The molecule has 0 bridgehead atoms. The molecule has 7 nitrogen and oxygen atoms in total. The van der Waals surface area contributed by atoms with Crippen molar-refractivity contribution < 1.29 is 19.1 Å². The highest BCUT2D eigenvalue weighted by Crippen LogP contribution is 2.55. The van der Waals surface area contributed by atoms with E-state index in [1.54, 1.807) is 25.1 Å². The van der Waals surface area contributed by atoms with E-state index in [9.17, 15) is 14.4 Å². The van der Waals surface area contributed by atoms with Crippen LogP contribution in [-0.2, 0) is 19.8 Å². The molecule has 222 valence electrons. The summed E-state index contributed by atoms with van der Waals surface area (Å²) in [5, 5.41) is 7.46. The quantitative estimate of drug-likeness (QED) is 0.420. The van der Waals surface area contributed by atoms with E-state index in [1.165, 1.54) is 0 Å². The fourth-order valence-electron chi connectivity index (χ4n) is 7.03. The topological polar surface area (TPSA) is 87.7 Å². The molecule has 3 amide bonds. The fourth-order valence-corrected chi connectivity index (χ4v) is 7.45. The normalized spacial score (nSPS) is 26.8. The van der Waals surface area contributed by atoms with Crippen LogP contribution in [0.2, 0.25) is 5.02 Å². The summed E-state index contributed by atoms with van der Waals surface area (Å²) in [5.41, 5.74) is 1.52. The lowest BCUT2D eigenvalue weighted by Gasteiger charge is -2.45. The van der Waals surface area contributed by atoms with E-state index in [2.05, 4.69) is 16.6 Å². The summed E-state index contributed by atoms with van der Waals surface area (Å²) in [6.45, 7) is 3.43. The second-order valence-corrected chi connectivity index (χ2v) is 12.8. The van der Waals surface area contributed by atoms with Crippen LogP contribution < -0.4 is 15.4 Å². The molecule has 43 heavy (non-hydrogen) atoms. The molecule has 9 heteroatoms. The number of likely N-dealkylation sites (tertiary alicyclic amines) is 1. The Morgan fingerprint density at radius 3 is 2.67 bits per heavy atom. The molecule has 3 heterocycles. The number of nitrogens with zero attached hydrogens (tertiary/aromatic N) is 1.